The number of halogens is 1. The van der Waals surface area contributed by atoms with Gasteiger partial charge in [-0.25, -0.2) is 12.8 Å². The number of hydrogen-bond donors (Lipinski definition) is 1. The highest BCUT2D eigenvalue weighted by Crippen LogP contribution is 2.27. The van der Waals surface area contributed by atoms with Crippen molar-refractivity contribution in [2.24, 2.45) is 0 Å². The first-order valence-electron chi connectivity index (χ1n) is 6.54. The van der Waals surface area contributed by atoms with E-state index < -0.39 is 15.8 Å². The second-order valence-corrected chi connectivity index (χ2v) is 7.25. The Labute approximate surface area is 119 Å². The average Bonchev–Trinajstić information content (AvgIpc) is 2.80. The first-order chi connectivity index (χ1) is 9.32. The Bertz CT molecular complexity index is 589. The highest BCUT2D eigenvalue weighted by Gasteiger charge is 2.35. The summed E-state index contributed by atoms with van der Waals surface area (Å²) in [4.78, 5) is 1.93. The van der Waals surface area contributed by atoms with Crippen LogP contribution in [0.15, 0.2) is 23.1 Å². The van der Waals surface area contributed by atoms with Crippen molar-refractivity contribution in [3.63, 3.8) is 0 Å². The molecule has 20 heavy (non-hydrogen) atoms. The van der Waals surface area contributed by atoms with Crippen molar-refractivity contribution >= 4 is 15.7 Å². The van der Waals surface area contributed by atoms with Crippen molar-refractivity contribution < 1.29 is 12.8 Å². The van der Waals surface area contributed by atoms with Gasteiger partial charge in [-0.3, -0.25) is 0 Å². The van der Waals surface area contributed by atoms with Gasteiger partial charge in [-0.05, 0) is 45.1 Å². The largest absolute Gasteiger partial charge is 0.396 e. The molecule has 0 aromatic heterocycles. The van der Waals surface area contributed by atoms with Gasteiger partial charge < -0.3 is 10.6 Å². The van der Waals surface area contributed by atoms with E-state index >= 15 is 0 Å². The minimum atomic E-state index is -3.66. The fourth-order valence-electron chi connectivity index (χ4n) is 2.53. The van der Waals surface area contributed by atoms with Gasteiger partial charge in [0, 0.05) is 19.1 Å². The van der Waals surface area contributed by atoms with Crippen LogP contribution in [-0.4, -0.2) is 50.8 Å². The van der Waals surface area contributed by atoms with E-state index in [1.807, 2.05) is 19.0 Å². The van der Waals surface area contributed by atoms with Crippen molar-refractivity contribution in [3.05, 3.63) is 24.0 Å². The summed E-state index contributed by atoms with van der Waals surface area (Å²) in [5, 5.41) is 0. The number of nitrogens with two attached hydrogens (primary N) is 1. The Balaban J connectivity index is 2.31. The van der Waals surface area contributed by atoms with E-state index in [-0.39, 0.29) is 16.6 Å². The lowest BCUT2D eigenvalue weighted by Gasteiger charge is -2.26. The topological polar surface area (TPSA) is 66.6 Å². The molecule has 1 atom stereocenters. The van der Waals surface area contributed by atoms with Gasteiger partial charge in [0.25, 0.3) is 0 Å². The van der Waals surface area contributed by atoms with E-state index in [0.29, 0.717) is 13.1 Å². The molecule has 0 amide bonds. The van der Waals surface area contributed by atoms with E-state index in [0.717, 1.165) is 18.9 Å². The molecule has 1 saturated heterocycles. The number of hydrogen-bond acceptors (Lipinski definition) is 4. The molecule has 1 aromatic rings. The van der Waals surface area contributed by atoms with Crippen LogP contribution in [0.1, 0.15) is 12.8 Å². The average molecular weight is 301 g/mol. The summed E-state index contributed by atoms with van der Waals surface area (Å²) < 4.78 is 40.1. The van der Waals surface area contributed by atoms with E-state index in [4.69, 9.17) is 5.73 Å². The molecule has 2 N–H and O–H groups in total. The quantitative estimate of drug-likeness (QED) is 0.846. The summed E-state index contributed by atoms with van der Waals surface area (Å²) in [6.07, 6.45) is 1.66. The van der Waals surface area contributed by atoms with Gasteiger partial charge in [0.1, 0.15) is 5.82 Å². The predicted octanol–water partition coefficient (Wildman–Crippen LogP) is 1.12. The van der Waals surface area contributed by atoms with E-state index in [2.05, 4.69) is 0 Å². The summed E-state index contributed by atoms with van der Waals surface area (Å²) >= 11 is 0. The minimum Gasteiger partial charge on any atom is -0.396 e. The molecule has 1 fully saturated rings. The number of anilines is 1. The van der Waals surface area contributed by atoms with Crippen LogP contribution in [0, 0.1) is 5.82 Å². The normalized spacial score (nSPS) is 20.7. The molecule has 1 aliphatic heterocycles. The van der Waals surface area contributed by atoms with Crippen molar-refractivity contribution in [2.45, 2.75) is 23.8 Å². The fourth-order valence-corrected chi connectivity index (χ4v) is 4.23. The molecule has 2 rings (SSSR count). The summed E-state index contributed by atoms with van der Waals surface area (Å²) in [6.45, 7) is 1.14. The van der Waals surface area contributed by atoms with Crippen LogP contribution in [0.3, 0.4) is 0 Å². The summed E-state index contributed by atoms with van der Waals surface area (Å²) in [6, 6.07) is 3.59. The SMILES string of the molecule is CN(C)CC1CCCN1S(=O)(=O)c1ccc(N)c(F)c1. The second-order valence-electron chi connectivity index (χ2n) is 5.36. The highest BCUT2D eigenvalue weighted by atomic mass is 32.2. The first kappa shape index (κ1) is 15.2. The van der Waals surface area contributed by atoms with Crippen LogP contribution in [0.4, 0.5) is 10.1 Å². The third kappa shape index (κ3) is 2.94. The Kier molecular flexibility index (Phi) is 4.31. The maximum Gasteiger partial charge on any atom is 0.243 e. The molecule has 1 aromatic carbocycles. The molecular weight excluding hydrogens is 281 g/mol. The molecule has 0 radical (unpaired) electrons. The standard InChI is InChI=1S/C13H20FN3O2S/c1-16(2)9-10-4-3-7-17(10)20(18,19)11-5-6-13(15)12(14)8-11/h5-6,8,10H,3-4,7,9,15H2,1-2H3. The van der Waals surface area contributed by atoms with Crippen molar-refractivity contribution in [1.29, 1.82) is 0 Å². The number of rotatable bonds is 4. The Morgan fingerprint density at radius 3 is 2.75 bits per heavy atom. The lowest BCUT2D eigenvalue weighted by atomic mass is 10.2. The monoisotopic (exact) mass is 301 g/mol. The molecule has 1 heterocycles. The smallest absolute Gasteiger partial charge is 0.243 e. The van der Waals surface area contributed by atoms with Crippen molar-refractivity contribution in [3.8, 4) is 0 Å². The number of likely N-dealkylation sites (N-methyl/N-ethyl adjacent to an activating group) is 1. The zero-order chi connectivity index (χ0) is 14.9. The Morgan fingerprint density at radius 1 is 1.45 bits per heavy atom. The summed E-state index contributed by atoms with van der Waals surface area (Å²) in [5.41, 5.74) is 5.34. The molecule has 7 heteroatoms. The van der Waals surface area contributed by atoms with E-state index in [1.165, 1.54) is 16.4 Å². The zero-order valence-corrected chi connectivity index (χ0v) is 12.5. The van der Waals surface area contributed by atoms with Crippen molar-refractivity contribution in [1.82, 2.24) is 9.21 Å². The van der Waals surface area contributed by atoms with Crippen LogP contribution in [0.25, 0.3) is 0 Å². The maximum atomic E-state index is 13.5. The van der Waals surface area contributed by atoms with Crippen LogP contribution >= 0.6 is 0 Å². The molecule has 0 saturated carbocycles. The van der Waals surface area contributed by atoms with Gasteiger partial charge in [-0.1, -0.05) is 0 Å². The Hall–Kier alpha value is -1.18. The number of benzene rings is 1. The van der Waals surface area contributed by atoms with Gasteiger partial charge in [-0.2, -0.15) is 4.31 Å². The summed E-state index contributed by atoms with van der Waals surface area (Å²) in [7, 11) is 0.156. The molecule has 5 nitrogen and oxygen atoms in total. The van der Waals surface area contributed by atoms with Crippen LogP contribution in [-0.2, 0) is 10.0 Å². The number of nitrogens with zero attached hydrogens (tertiary/aromatic N) is 2. The van der Waals surface area contributed by atoms with Crippen LogP contribution in [0.5, 0.6) is 0 Å². The molecule has 0 bridgehead atoms. The molecule has 112 valence electrons. The third-order valence-electron chi connectivity index (χ3n) is 3.48. The number of nitrogen functional groups attached to an aromatic ring is 1. The van der Waals surface area contributed by atoms with Crippen molar-refractivity contribution in [2.75, 3.05) is 32.9 Å². The third-order valence-corrected chi connectivity index (χ3v) is 5.43. The highest BCUT2D eigenvalue weighted by molar-refractivity contribution is 7.89. The first-order valence-corrected chi connectivity index (χ1v) is 7.98. The minimum absolute atomic E-state index is 0.0325. The second kappa shape index (κ2) is 5.67. The van der Waals surface area contributed by atoms with Gasteiger partial charge in [0.05, 0.1) is 10.6 Å². The van der Waals surface area contributed by atoms with Gasteiger partial charge in [0.15, 0.2) is 0 Å². The van der Waals surface area contributed by atoms with E-state index in [9.17, 15) is 12.8 Å². The molecule has 1 aliphatic rings. The number of sulfonamides is 1. The van der Waals surface area contributed by atoms with Crippen LogP contribution in [0.2, 0.25) is 0 Å². The van der Waals surface area contributed by atoms with E-state index in [1.54, 1.807) is 0 Å². The lowest BCUT2D eigenvalue weighted by molar-refractivity contribution is 0.291. The zero-order valence-electron chi connectivity index (χ0n) is 11.7. The lowest BCUT2D eigenvalue weighted by Crippen LogP contribution is -2.41. The fraction of sp³-hybridized carbons (Fsp3) is 0.538. The molecule has 1 unspecified atom stereocenters. The molecule has 0 spiro atoms. The predicted molar refractivity (Wildman–Crippen MR) is 76.3 cm³/mol. The summed E-state index contributed by atoms with van der Waals surface area (Å²) in [5.74, 6) is -0.700. The van der Waals surface area contributed by atoms with Gasteiger partial charge >= 0.3 is 0 Å². The Morgan fingerprint density at radius 2 is 2.15 bits per heavy atom. The van der Waals surface area contributed by atoms with Gasteiger partial charge in [0.2, 0.25) is 10.0 Å². The van der Waals surface area contributed by atoms with Gasteiger partial charge in [-0.15, -0.1) is 0 Å². The maximum absolute atomic E-state index is 13.5. The molecular formula is C13H20FN3O2S. The van der Waals surface area contributed by atoms with Crippen LogP contribution < -0.4 is 5.73 Å². The molecule has 0 aliphatic carbocycles.